The molecule has 0 saturated heterocycles. The summed E-state index contributed by atoms with van der Waals surface area (Å²) in [5.41, 5.74) is 2.53. The summed E-state index contributed by atoms with van der Waals surface area (Å²) >= 11 is 6.80. The third kappa shape index (κ3) is 6.31. The van der Waals surface area contributed by atoms with Crippen LogP contribution in [-0.4, -0.2) is 20.8 Å². The van der Waals surface area contributed by atoms with Crippen molar-refractivity contribution in [3.63, 3.8) is 0 Å². The van der Waals surface area contributed by atoms with Crippen molar-refractivity contribution in [2.45, 2.75) is 39.7 Å². The van der Waals surface area contributed by atoms with E-state index >= 15 is 0 Å². The number of nitro groups is 1. The SMILES string of the molecule is CCCCc1nc2ccc(Br)cc2c(=O)n1N=Cc1cc(Br)c(OCc2ccc(C)cc2)c([N+](=O)[O-])c1. The second-order valence-electron chi connectivity index (χ2n) is 8.54. The summed E-state index contributed by atoms with van der Waals surface area (Å²) in [4.78, 5) is 29.3. The number of hydrogen-bond acceptors (Lipinski definition) is 6. The van der Waals surface area contributed by atoms with E-state index < -0.39 is 4.92 Å². The monoisotopic (exact) mass is 626 g/mol. The molecule has 0 saturated carbocycles. The number of aryl methyl sites for hydroxylation is 2. The molecular formula is C27H24Br2N4O4. The van der Waals surface area contributed by atoms with Crippen LogP contribution in [0.25, 0.3) is 10.9 Å². The summed E-state index contributed by atoms with van der Waals surface area (Å²) in [6.07, 6.45) is 3.77. The van der Waals surface area contributed by atoms with Gasteiger partial charge in [-0.15, -0.1) is 0 Å². The van der Waals surface area contributed by atoms with Gasteiger partial charge in [0.1, 0.15) is 12.4 Å². The molecule has 0 aliphatic rings. The van der Waals surface area contributed by atoms with Crippen molar-refractivity contribution in [3.8, 4) is 5.75 Å². The van der Waals surface area contributed by atoms with Crippen molar-refractivity contribution in [3.05, 3.63) is 107 Å². The first kappa shape index (κ1) is 26.7. The number of halogens is 2. The van der Waals surface area contributed by atoms with Crippen LogP contribution < -0.4 is 10.3 Å². The van der Waals surface area contributed by atoms with Crippen LogP contribution >= 0.6 is 31.9 Å². The maximum absolute atomic E-state index is 13.3. The van der Waals surface area contributed by atoms with Crippen LogP contribution in [0.5, 0.6) is 5.75 Å². The first-order valence-electron chi connectivity index (χ1n) is 11.7. The van der Waals surface area contributed by atoms with Crippen LogP contribution in [0, 0.1) is 17.0 Å². The van der Waals surface area contributed by atoms with Crippen molar-refractivity contribution in [2.75, 3.05) is 0 Å². The molecule has 1 heterocycles. The van der Waals surface area contributed by atoms with Gasteiger partial charge < -0.3 is 4.74 Å². The molecule has 0 aliphatic heterocycles. The van der Waals surface area contributed by atoms with Crippen LogP contribution in [0.2, 0.25) is 0 Å². The van der Waals surface area contributed by atoms with E-state index in [2.05, 4.69) is 48.9 Å². The molecule has 0 amide bonds. The smallest absolute Gasteiger partial charge is 0.312 e. The molecule has 0 atom stereocenters. The zero-order chi connectivity index (χ0) is 26.5. The number of hydrogen-bond donors (Lipinski definition) is 0. The highest BCUT2D eigenvalue weighted by Crippen LogP contribution is 2.36. The average molecular weight is 628 g/mol. The molecule has 0 fully saturated rings. The van der Waals surface area contributed by atoms with Crippen molar-refractivity contribution < 1.29 is 9.66 Å². The maximum atomic E-state index is 13.3. The Morgan fingerprint density at radius 1 is 1.14 bits per heavy atom. The number of aromatic nitrogens is 2. The third-order valence-electron chi connectivity index (χ3n) is 5.70. The van der Waals surface area contributed by atoms with Gasteiger partial charge in [-0.25, -0.2) is 4.98 Å². The predicted molar refractivity (Wildman–Crippen MR) is 152 cm³/mol. The molecule has 0 radical (unpaired) electrons. The zero-order valence-corrected chi connectivity index (χ0v) is 23.5. The number of nitro benzene ring substituents is 1. The summed E-state index contributed by atoms with van der Waals surface area (Å²) in [5, 5.41) is 16.7. The van der Waals surface area contributed by atoms with Gasteiger partial charge in [-0.2, -0.15) is 9.78 Å². The number of rotatable bonds is 9. The molecule has 0 spiro atoms. The summed E-state index contributed by atoms with van der Waals surface area (Å²) in [6.45, 7) is 4.23. The van der Waals surface area contributed by atoms with Crippen molar-refractivity contribution in [2.24, 2.45) is 5.10 Å². The minimum absolute atomic E-state index is 0.126. The van der Waals surface area contributed by atoms with Gasteiger partial charge in [0, 0.05) is 22.5 Å². The number of unbranched alkanes of at least 4 members (excludes halogenated alkanes) is 1. The largest absolute Gasteiger partial charge is 0.481 e. The Kier molecular flexibility index (Phi) is 8.50. The molecule has 190 valence electrons. The van der Waals surface area contributed by atoms with Gasteiger partial charge in [0.25, 0.3) is 5.56 Å². The summed E-state index contributed by atoms with van der Waals surface area (Å²) in [7, 11) is 0. The molecule has 10 heteroatoms. The lowest BCUT2D eigenvalue weighted by molar-refractivity contribution is -0.386. The Hall–Kier alpha value is -3.37. The minimum Gasteiger partial charge on any atom is -0.481 e. The van der Waals surface area contributed by atoms with Gasteiger partial charge in [-0.1, -0.05) is 59.1 Å². The maximum Gasteiger partial charge on any atom is 0.312 e. The summed E-state index contributed by atoms with van der Waals surface area (Å²) < 4.78 is 8.25. The first-order chi connectivity index (χ1) is 17.8. The molecule has 37 heavy (non-hydrogen) atoms. The van der Waals surface area contributed by atoms with E-state index in [-0.39, 0.29) is 23.6 Å². The van der Waals surface area contributed by atoms with Crippen LogP contribution in [0.3, 0.4) is 0 Å². The Balaban J connectivity index is 1.70. The summed E-state index contributed by atoms with van der Waals surface area (Å²) in [5.74, 6) is 0.658. The molecule has 0 unspecified atom stereocenters. The number of ether oxygens (including phenoxy) is 1. The van der Waals surface area contributed by atoms with Gasteiger partial charge in [0.15, 0.2) is 0 Å². The van der Waals surface area contributed by atoms with Crippen LogP contribution in [0.4, 0.5) is 5.69 Å². The van der Waals surface area contributed by atoms with E-state index in [9.17, 15) is 14.9 Å². The quantitative estimate of drug-likeness (QED) is 0.114. The minimum atomic E-state index is -0.499. The molecule has 0 bridgehead atoms. The van der Waals surface area contributed by atoms with Gasteiger partial charge >= 0.3 is 5.69 Å². The Morgan fingerprint density at radius 3 is 2.59 bits per heavy atom. The highest BCUT2D eigenvalue weighted by atomic mass is 79.9. The fourth-order valence-corrected chi connectivity index (χ4v) is 4.67. The molecule has 4 rings (SSSR count). The van der Waals surface area contributed by atoms with E-state index in [1.165, 1.54) is 17.0 Å². The van der Waals surface area contributed by atoms with E-state index in [0.29, 0.717) is 33.2 Å². The molecule has 0 N–H and O–H groups in total. The molecule has 4 aromatic rings. The van der Waals surface area contributed by atoms with E-state index in [1.807, 2.05) is 37.3 Å². The predicted octanol–water partition coefficient (Wildman–Crippen LogP) is 6.94. The lowest BCUT2D eigenvalue weighted by Crippen LogP contribution is -2.22. The Bertz CT molecular complexity index is 1550. The molecule has 0 aliphatic carbocycles. The number of benzene rings is 3. The molecule has 3 aromatic carbocycles. The van der Waals surface area contributed by atoms with Gasteiger partial charge in [-0.05, 0) is 59.1 Å². The zero-order valence-electron chi connectivity index (χ0n) is 20.3. The van der Waals surface area contributed by atoms with E-state index in [1.54, 1.807) is 18.2 Å². The lowest BCUT2D eigenvalue weighted by atomic mass is 10.1. The first-order valence-corrected chi connectivity index (χ1v) is 13.3. The van der Waals surface area contributed by atoms with Crippen molar-refractivity contribution in [1.29, 1.82) is 0 Å². The summed E-state index contributed by atoms with van der Waals surface area (Å²) in [6, 6.07) is 16.1. The van der Waals surface area contributed by atoms with Gasteiger partial charge in [0.05, 0.1) is 26.5 Å². The van der Waals surface area contributed by atoms with Crippen molar-refractivity contribution in [1.82, 2.24) is 9.66 Å². The second kappa shape index (κ2) is 11.8. The highest BCUT2D eigenvalue weighted by molar-refractivity contribution is 9.10. The Labute approximate surface area is 230 Å². The molecule has 1 aromatic heterocycles. The van der Waals surface area contributed by atoms with E-state index in [4.69, 9.17) is 4.74 Å². The average Bonchev–Trinajstić information content (AvgIpc) is 2.87. The topological polar surface area (TPSA) is 99.6 Å². The standard InChI is InChI=1S/C27H24Br2N4O4/c1-3-4-5-25-31-23-11-10-20(28)14-21(23)27(34)32(25)30-15-19-12-22(29)26(24(13-19)33(35)36)37-16-18-8-6-17(2)7-9-18/h6-15H,3-5,16H2,1-2H3. The normalized spacial score (nSPS) is 11.4. The number of fused-ring (bicyclic) bond motifs is 1. The fourth-order valence-electron chi connectivity index (χ4n) is 3.73. The number of nitrogens with zero attached hydrogens (tertiary/aromatic N) is 4. The third-order valence-corrected chi connectivity index (χ3v) is 6.78. The van der Waals surface area contributed by atoms with Crippen molar-refractivity contribution >= 4 is 54.7 Å². The fraction of sp³-hybridized carbons (Fsp3) is 0.222. The second-order valence-corrected chi connectivity index (χ2v) is 10.3. The van der Waals surface area contributed by atoms with Crippen LogP contribution in [0.15, 0.2) is 73.4 Å². The Morgan fingerprint density at radius 2 is 1.89 bits per heavy atom. The lowest BCUT2D eigenvalue weighted by Gasteiger charge is -2.11. The highest BCUT2D eigenvalue weighted by Gasteiger charge is 2.20. The molecule has 8 nitrogen and oxygen atoms in total. The molecular weight excluding hydrogens is 604 g/mol. The van der Waals surface area contributed by atoms with Gasteiger partial charge in [-0.3, -0.25) is 14.9 Å². The van der Waals surface area contributed by atoms with E-state index in [0.717, 1.165) is 28.4 Å². The van der Waals surface area contributed by atoms with Gasteiger partial charge in [0.2, 0.25) is 5.75 Å². The van der Waals surface area contributed by atoms with Crippen LogP contribution in [-0.2, 0) is 13.0 Å². The van der Waals surface area contributed by atoms with Crippen LogP contribution in [0.1, 0.15) is 42.3 Å².